The summed E-state index contributed by atoms with van der Waals surface area (Å²) in [5, 5.41) is 0. The highest BCUT2D eigenvalue weighted by atomic mass is 35.5. The number of carbonyl (C=O) groups is 1. The molecule has 0 spiro atoms. The minimum Gasteiger partial charge on any atom is -0.433 e. The van der Waals surface area contributed by atoms with Crippen LogP contribution in [0.2, 0.25) is 0 Å². The monoisotopic (exact) mass is 288 g/mol. The van der Waals surface area contributed by atoms with E-state index in [4.69, 9.17) is 44.3 Å². The third-order valence-corrected chi connectivity index (χ3v) is 3.76. The molecule has 1 aliphatic heterocycles. The van der Waals surface area contributed by atoms with Crippen molar-refractivity contribution in [3.05, 3.63) is 0 Å². The first-order chi connectivity index (χ1) is 7.48. The van der Waals surface area contributed by atoms with Crippen molar-refractivity contribution < 1.29 is 14.3 Å². The van der Waals surface area contributed by atoms with Gasteiger partial charge in [-0.3, -0.25) is 4.79 Å². The summed E-state index contributed by atoms with van der Waals surface area (Å²) in [6.45, 7) is 1.71. The molecule has 2 unspecified atom stereocenters. The van der Waals surface area contributed by atoms with Crippen molar-refractivity contribution in [2.24, 2.45) is 5.92 Å². The number of rotatable bonds is 5. The minimum atomic E-state index is -1.15. The largest absolute Gasteiger partial charge is 0.433 e. The maximum Gasteiger partial charge on any atom is 0.305 e. The summed E-state index contributed by atoms with van der Waals surface area (Å²) in [4.78, 5) is 10.8. The summed E-state index contributed by atoms with van der Waals surface area (Å²) in [7, 11) is 0. The van der Waals surface area contributed by atoms with Crippen LogP contribution in [0.15, 0.2) is 0 Å². The summed E-state index contributed by atoms with van der Waals surface area (Å²) in [6.07, 6.45) is 1.80. The number of alkyl halides is 3. The molecule has 3 nitrogen and oxygen atoms in total. The highest BCUT2D eigenvalue weighted by Crippen LogP contribution is 2.44. The van der Waals surface area contributed by atoms with E-state index in [0.29, 0.717) is 12.5 Å². The Morgan fingerprint density at radius 3 is 2.75 bits per heavy atom. The smallest absolute Gasteiger partial charge is 0.305 e. The van der Waals surface area contributed by atoms with E-state index in [1.54, 1.807) is 0 Å². The van der Waals surface area contributed by atoms with Gasteiger partial charge < -0.3 is 9.47 Å². The average Bonchev–Trinajstić information content (AvgIpc) is 2.44. The standard InChI is InChI=1S/C10H15Cl3O3/c1-7(14)16-9-10(12,13)8(6-15-9)4-2-3-5-11/h8-9H,2-6H2,1H3. The predicted molar refractivity (Wildman–Crippen MR) is 64.0 cm³/mol. The van der Waals surface area contributed by atoms with E-state index in [9.17, 15) is 4.79 Å². The number of ether oxygens (including phenoxy) is 2. The quantitative estimate of drug-likeness (QED) is 0.443. The van der Waals surface area contributed by atoms with Gasteiger partial charge in [-0.1, -0.05) is 29.6 Å². The molecular weight excluding hydrogens is 274 g/mol. The molecule has 1 rings (SSSR count). The Labute approximate surface area is 110 Å². The zero-order valence-electron chi connectivity index (χ0n) is 9.05. The van der Waals surface area contributed by atoms with E-state index < -0.39 is 16.6 Å². The third kappa shape index (κ3) is 3.66. The molecular formula is C10H15Cl3O3. The lowest BCUT2D eigenvalue weighted by molar-refractivity contribution is -0.167. The molecule has 0 aromatic carbocycles. The Kier molecular flexibility index (Phi) is 5.65. The Bertz CT molecular complexity index is 245. The zero-order chi connectivity index (χ0) is 12.2. The molecule has 1 fully saturated rings. The van der Waals surface area contributed by atoms with Crippen molar-refractivity contribution in [2.45, 2.75) is 36.8 Å². The number of unbranched alkanes of at least 4 members (excludes halogenated alkanes) is 1. The van der Waals surface area contributed by atoms with E-state index in [1.807, 2.05) is 0 Å². The molecule has 1 saturated heterocycles. The van der Waals surface area contributed by atoms with Crippen LogP contribution >= 0.6 is 34.8 Å². The molecule has 1 heterocycles. The van der Waals surface area contributed by atoms with Crippen molar-refractivity contribution >= 4 is 40.8 Å². The Morgan fingerprint density at radius 2 is 2.19 bits per heavy atom. The molecule has 94 valence electrons. The van der Waals surface area contributed by atoms with Crippen LogP contribution in [-0.4, -0.2) is 29.1 Å². The molecule has 0 radical (unpaired) electrons. The van der Waals surface area contributed by atoms with Gasteiger partial charge in [0, 0.05) is 18.7 Å². The van der Waals surface area contributed by atoms with E-state index in [2.05, 4.69) is 0 Å². The molecule has 0 aromatic heterocycles. The molecule has 0 amide bonds. The van der Waals surface area contributed by atoms with Crippen molar-refractivity contribution in [1.29, 1.82) is 0 Å². The number of esters is 1. The van der Waals surface area contributed by atoms with Gasteiger partial charge >= 0.3 is 5.97 Å². The first kappa shape index (κ1) is 14.4. The Hall–Kier alpha value is 0.300. The summed E-state index contributed by atoms with van der Waals surface area (Å²) >= 11 is 17.9. The van der Waals surface area contributed by atoms with E-state index in [1.165, 1.54) is 6.92 Å². The predicted octanol–water partition coefficient (Wildman–Crippen LogP) is 3.11. The Balaban J connectivity index is 2.47. The first-order valence-corrected chi connectivity index (χ1v) is 6.50. The van der Waals surface area contributed by atoms with Gasteiger partial charge in [-0.15, -0.1) is 11.6 Å². The van der Waals surface area contributed by atoms with Crippen molar-refractivity contribution in [3.8, 4) is 0 Å². The molecule has 0 N–H and O–H groups in total. The van der Waals surface area contributed by atoms with Gasteiger partial charge in [-0.05, 0) is 12.8 Å². The van der Waals surface area contributed by atoms with Crippen LogP contribution in [0.25, 0.3) is 0 Å². The van der Waals surface area contributed by atoms with Crippen LogP contribution in [0.4, 0.5) is 0 Å². The van der Waals surface area contributed by atoms with Gasteiger partial charge in [-0.2, -0.15) is 0 Å². The van der Waals surface area contributed by atoms with Gasteiger partial charge in [-0.25, -0.2) is 0 Å². The molecule has 6 heteroatoms. The van der Waals surface area contributed by atoms with Crippen LogP contribution in [0.5, 0.6) is 0 Å². The van der Waals surface area contributed by atoms with Crippen LogP contribution in [0.3, 0.4) is 0 Å². The lowest BCUT2D eigenvalue weighted by Crippen LogP contribution is -2.35. The molecule has 0 aromatic rings. The third-order valence-electron chi connectivity index (χ3n) is 2.52. The van der Waals surface area contributed by atoms with Crippen LogP contribution in [0, 0.1) is 5.92 Å². The molecule has 16 heavy (non-hydrogen) atoms. The maximum atomic E-state index is 10.8. The van der Waals surface area contributed by atoms with Gasteiger partial charge in [0.05, 0.1) is 6.61 Å². The summed E-state index contributed by atoms with van der Waals surface area (Å²) < 4.78 is 9.04. The SMILES string of the molecule is CC(=O)OC1OCC(CCCCCl)C1(Cl)Cl. The number of halogens is 3. The van der Waals surface area contributed by atoms with Crippen LogP contribution in [-0.2, 0) is 14.3 Å². The maximum absolute atomic E-state index is 10.8. The number of hydrogen-bond donors (Lipinski definition) is 0. The Morgan fingerprint density at radius 1 is 1.50 bits per heavy atom. The van der Waals surface area contributed by atoms with Gasteiger partial charge in [0.2, 0.25) is 6.29 Å². The summed E-state index contributed by atoms with van der Waals surface area (Å²) in [6, 6.07) is 0. The van der Waals surface area contributed by atoms with Crippen molar-refractivity contribution in [2.75, 3.05) is 12.5 Å². The fourth-order valence-electron chi connectivity index (χ4n) is 1.64. The summed E-state index contributed by atoms with van der Waals surface area (Å²) in [5.41, 5.74) is 0. The molecule has 0 aliphatic carbocycles. The van der Waals surface area contributed by atoms with E-state index >= 15 is 0 Å². The zero-order valence-corrected chi connectivity index (χ0v) is 11.3. The average molecular weight is 290 g/mol. The van der Waals surface area contributed by atoms with Gasteiger partial charge in [0.1, 0.15) is 0 Å². The van der Waals surface area contributed by atoms with Crippen molar-refractivity contribution in [1.82, 2.24) is 0 Å². The second-order valence-corrected chi connectivity index (χ2v) is 5.65. The van der Waals surface area contributed by atoms with E-state index in [-0.39, 0.29) is 5.92 Å². The molecule has 1 aliphatic rings. The minimum absolute atomic E-state index is 0.0246. The molecule has 0 saturated carbocycles. The second-order valence-electron chi connectivity index (χ2n) is 3.83. The van der Waals surface area contributed by atoms with Crippen molar-refractivity contribution in [3.63, 3.8) is 0 Å². The summed E-state index contributed by atoms with van der Waals surface area (Å²) in [5.74, 6) is 0.152. The second kappa shape index (κ2) is 6.29. The topological polar surface area (TPSA) is 35.5 Å². The fraction of sp³-hybridized carbons (Fsp3) is 0.900. The highest BCUT2D eigenvalue weighted by Gasteiger charge is 2.51. The lowest BCUT2D eigenvalue weighted by Gasteiger charge is -2.24. The highest BCUT2D eigenvalue weighted by molar-refractivity contribution is 6.49. The van der Waals surface area contributed by atoms with Gasteiger partial charge in [0.15, 0.2) is 4.33 Å². The van der Waals surface area contributed by atoms with Crippen LogP contribution < -0.4 is 0 Å². The normalized spacial score (nSPS) is 28.0. The number of carbonyl (C=O) groups excluding carboxylic acids is 1. The van der Waals surface area contributed by atoms with E-state index in [0.717, 1.165) is 19.3 Å². The molecule has 2 atom stereocenters. The van der Waals surface area contributed by atoms with Gasteiger partial charge in [0.25, 0.3) is 0 Å². The first-order valence-electron chi connectivity index (χ1n) is 5.21. The fourth-order valence-corrected chi connectivity index (χ4v) is 2.39. The lowest BCUT2D eigenvalue weighted by atomic mass is 10.0. The molecule has 0 bridgehead atoms. The van der Waals surface area contributed by atoms with Crippen LogP contribution in [0.1, 0.15) is 26.2 Å². The number of hydrogen-bond acceptors (Lipinski definition) is 3.